The van der Waals surface area contributed by atoms with Gasteiger partial charge < -0.3 is 9.80 Å². The standard InChI is InChI=1S/C22H27N3OS/c1-2-27-18-9-5-6-14-24(16-18)21-19(10-7-13-23-21)22(26)25-15-12-17-8-3-4-11-20(17)25/h3-4,7-8,10-11,13,18H,2,5-6,9,12,14-16H2,1H3. The van der Waals surface area contributed by atoms with Crippen LogP contribution in [0.1, 0.15) is 42.1 Å². The molecule has 1 saturated heterocycles. The van der Waals surface area contributed by atoms with Gasteiger partial charge in [-0.2, -0.15) is 11.8 Å². The highest BCUT2D eigenvalue weighted by Crippen LogP contribution is 2.32. The van der Waals surface area contributed by atoms with Gasteiger partial charge in [0, 0.05) is 36.8 Å². The monoisotopic (exact) mass is 381 g/mol. The van der Waals surface area contributed by atoms with Gasteiger partial charge in [0.25, 0.3) is 5.91 Å². The summed E-state index contributed by atoms with van der Waals surface area (Å²) in [6.07, 6.45) is 6.42. The van der Waals surface area contributed by atoms with Crippen molar-refractivity contribution in [3.05, 3.63) is 53.7 Å². The second-order valence-electron chi connectivity index (χ2n) is 7.23. The number of thioether (sulfide) groups is 1. The summed E-state index contributed by atoms with van der Waals surface area (Å²) in [6.45, 7) is 4.93. The molecule has 1 aromatic carbocycles. The average Bonchev–Trinajstić information content (AvgIpc) is 3.00. The zero-order valence-electron chi connectivity index (χ0n) is 15.9. The van der Waals surface area contributed by atoms with E-state index in [4.69, 9.17) is 0 Å². The molecule has 1 atom stereocenters. The molecule has 1 aromatic heterocycles. The predicted molar refractivity (Wildman–Crippen MR) is 114 cm³/mol. The summed E-state index contributed by atoms with van der Waals surface area (Å²) in [5.74, 6) is 2.07. The van der Waals surface area contributed by atoms with Crippen LogP contribution in [0.4, 0.5) is 11.5 Å². The Hall–Kier alpha value is -2.01. The minimum absolute atomic E-state index is 0.0759. The number of para-hydroxylation sites is 1. The largest absolute Gasteiger partial charge is 0.355 e. The van der Waals surface area contributed by atoms with Crippen LogP contribution in [0.3, 0.4) is 0 Å². The van der Waals surface area contributed by atoms with Crippen LogP contribution in [0.15, 0.2) is 42.6 Å². The van der Waals surface area contributed by atoms with Crippen molar-refractivity contribution >= 4 is 29.2 Å². The Morgan fingerprint density at radius 1 is 1.19 bits per heavy atom. The first kappa shape index (κ1) is 18.4. The van der Waals surface area contributed by atoms with E-state index in [-0.39, 0.29) is 5.91 Å². The fourth-order valence-corrected chi connectivity index (χ4v) is 5.27. The molecule has 142 valence electrons. The Kier molecular flexibility index (Phi) is 5.67. The number of benzene rings is 1. The maximum Gasteiger partial charge on any atom is 0.262 e. The Bertz CT molecular complexity index is 810. The second-order valence-corrected chi connectivity index (χ2v) is 8.81. The van der Waals surface area contributed by atoms with Crippen LogP contribution in [-0.2, 0) is 6.42 Å². The van der Waals surface area contributed by atoms with Crippen molar-refractivity contribution in [3.8, 4) is 0 Å². The third-order valence-electron chi connectivity index (χ3n) is 5.48. The van der Waals surface area contributed by atoms with Crippen molar-refractivity contribution in [3.63, 3.8) is 0 Å². The van der Waals surface area contributed by atoms with Crippen molar-refractivity contribution in [1.29, 1.82) is 0 Å². The lowest BCUT2D eigenvalue weighted by atomic mass is 10.1. The molecular weight excluding hydrogens is 354 g/mol. The number of amides is 1. The Morgan fingerprint density at radius 2 is 2.07 bits per heavy atom. The third-order valence-corrected chi connectivity index (χ3v) is 6.67. The van der Waals surface area contributed by atoms with Crippen LogP contribution in [-0.4, -0.2) is 41.5 Å². The van der Waals surface area contributed by atoms with Gasteiger partial charge >= 0.3 is 0 Å². The molecule has 2 aliphatic heterocycles. The number of nitrogens with zero attached hydrogens (tertiary/aromatic N) is 3. The van der Waals surface area contributed by atoms with Gasteiger partial charge in [-0.25, -0.2) is 4.98 Å². The van der Waals surface area contributed by atoms with E-state index < -0.39 is 0 Å². The zero-order valence-corrected chi connectivity index (χ0v) is 16.8. The van der Waals surface area contributed by atoms with Crippen LogP contribution in [0.25, 0.3) is 0 Å². The van der Waals surface area contributed by atoms with Crippen molar-refractivity contribution in [1.82, 2.24) is 4.98 Å². The number of carbonyl (C=O) groups excluding carboxylic acids is 1. The van der Waals surface area contributed by atoms with Crippen molar-refractivity contribution in [2.75, 3.05) is 35.2 Å². The van der Waals surface area contributed by atoms with Gasteiger partial charge in [0.05, 0.1) is 5.56 Å². The highest BCUT2D eigenvalue weighted by molar-refractivity contribution is 7.99. The van der Waals surface area contributed by atoms with E-state index in [1.54, 1.807) is 0 Å². The number of hydrogen-bond acceptors (Lipinski definition) is 4. The molecule has 4 nitrogen and oxygen atoms in total. The van der Waals surface area contributed by atoms with Gasteiger partial charge in [0.15, 0.2) is 0 Å². The molecular formula is C22H27N3OS. The lowest BCUT2D eigenvalue weighted by Gasteiger charge is -2.28. The molecule has 0 N–H and O–H groups in total. The fraction of sp³-hybridized carbons (Fsp3) is 0.455. The second kappa shape index (κ2) is 8.34. The molecule has 2 aliphatic rings. The Labute approximate surface area is 166 Å². The Balaban J connectivity index is 1.62. The number of rotatable bonds is 4. The molecule has 5 heteroatoms. The van der Waals surface area contributed by atoms with Crippen LogP contribution in [0.5, 0.6) is 0 Å². The third kappa shape index (κ3) is 3.84. The summed E-state index contributed by atoms with van der Waals surface area (Å²) in [4.78, 5) is 22.3. The van der Waals surface area contributed by atoms with Crippen LogP contribution in [0, 0.1) is 0 Å². The molecule has 1 fully saturated rings. The smallest absolute Gasteiger partial charge is 0.262 e. The lowest BCUT2D eigenvalue weighted by Crippen LogP contribution is -2.35. The van der Waals surface area contributed by atoms with Crippen molar-refractivity contribution in [2.45, 2.75) is 37.9 Å². The molecule has 1 unspecified atom stereocenters. The summed E-state index contributed by atoms with van der Waals surface area (Å²) >= 11 is 2.03. The highest BCUT2D eigenvalue weighted by Gasteiger charge is 2.29. The van der Waals surface area contributed by atoms with Gasteiger partial charge in [-0.3, -0.25) is 4.79 Å². The zero-order chi connectivity index (χ0) is 18.6. The van der Waals surface area contributed by atoms with E-state index in [0.29, 0.717) is 5.25 Å². The summed E-state index contributed by atoms with van der Waals surface area (Å²) in [7, 11) is 0. The molecule has 2 aromatic rings. The van der Waals surface area contributed by atoms with E-state index in [1.165, 1.54) is 18.4 Å². The number of hydrogen-bond donors (Lipinski definition) is 0. The summed E-state index contributed by atoms with van der Waals surface area (Å²) in [5.41, 5.74) is 3.04. The van der Waals surface area contributed by atoms with Crippen LogP contribution in [0.2, 0.25) is 0 Å². The summed E-state index contributed by atoms with van der Waals surface area (Å²) in [5, 5.41) is 0.620. The molecule has 0 saturated carbocycles. The predicted octanol–water partition coefficient (Wildman–Crippen LogP) is 4.40. The first-order valence-electron chi connectivity index (χ1n) is 9.99. The summed E-state index contributed by atoms with van der Waals surface area (Å²) in [6, 6.07) is 12.1. The first-order valence-corrected chi connectivity index (χ1v) is 11.0. The van der Waals surface area contributed by atoms with Crippen molar-refractivity contribution < 1.29 is 4.79 Å². The van der Waals surface area contributed by atoms with E-state index in [9.17, 15) is 4.79 Å². The maximum absolute atomic E-state index is 13.4. The van der Waals surface area contributed by atoms with E-state index >= 15 is 0 Å². The molecule has 0 aliphatic carbocycles. The van der Waals surface area contributed by atoms with Gasteiger partial charge in [-0.05, 0) is 48.8 Å². The molecule has 1 amide bonds. The Morgan fingerprint density at radius 3 is 2.96 bits per heavy atom. The molecule has 0 bridgehead atoms. The number of carbonyl (C=O) groups is 1. The first-order chi connectivity index (χ1) is 13.3. The minimum atomic E-state index is 0.0759. The summed E-state index contributed by atoms with van der Waals surface area (Å²) < 4.78 is 0. The SMILES string of the molecule is CCSC1CCCCN(c2ncccc2C(=O)N2CCc3ccccc32)C1. The number of aromatic nitrogens is 1. The van der Waals surface area contributed by atoms with Gasteiger partial charge in [0.2, 0.25) is 0 Å². The van der Waals surface area contributed by atoms with E-state index in [2.05, 4.69) is 28.9 Å². The average molecular weight is 382 g/mol. The highest BCUT2D eigenvalue weighted by atomic mass is 32.2. The molecule has 4 rings (SSSR count). The maximum atomic E-state index is 13.4. The van der Waals surface area contributed by atoms with E-state index in [0.717, 1.165) is 55.3 Å². The topological polar surface area (TPSA) is 36.4 Å². The quantitative estimate of drug-likeness (QED) is 0.787. The number of pyridine rings is 1. The van der Waals surface area contributed by atoms with Crippen LogP contribution < -0.4 is 9.80 Å². The van der Waals surface area contributed by atoms with Gasteiger partial charge in [-0.1, -0.05) is 31.5 Å². The van der Waals surface area contributed by atoms with Gasteiger partial charge in [-0.15, -0.1) is 0 Å². The number of anilines is 2. The number of fused-ring (bicyclic) bond motifs is 1. The van der Waals surface area contributed by atoms with E-state index in [1.807, 2.05) is 47.1 Å². The molecule has 0 spiro atoms. The lowest BCUT2D eigenvalue weighted by molar-refractivity contribution is 0.0989. The molecule has 27 heavy (non-hydrogen) atoms. The minimum Gasteiger partial charge on any atom is -0.355 e. The molecule has 3 heterocycles. The van der Waals surface area contributed by atoms with Crippen molar-refractivity contribution in [2.24, 2.45) is 0 Å². The van der Waals surface area contributed by atoms with Gasteiger partial charge in [0.1, 0.15) is 5.82 Å². The van der Waals surface area contributed by atoms with Crippen LogP contribution >= 0.6 is 11.8 Å². The molecule has 0 radical (unpaired) electrons. The normalized spacial score (nSPS) is 19.7. The fourth-order valence-electron chi connectivity index (χ4n) is 4.18.